The summed E-state index contributed by atoms with van der Waals surface area (Å²) in [5.41, 5.74) is 1.92. The average Bonchev–Trinajstić information content (AvgIpc) is 2.63. The average molecular weight is 346 g/mol. The third kappa shape index (κ3) is 4.85. The Bertz CT molecular complexity index is 591. The second-order valence-electron chi connectivity index (χ2n) is 6.53. The van der Waals surface area contributed by atoms with E-state index in [0.717, 1.165) is 50.5 Å². The molecule has 2 aliphatic rings. The van der Waals surface area contributed by atoms with Crippen LogP contribution in [0, 0.1) is 0 Å². The number of hydrogen-bond donors (Lipinski definition) is 2. The number of nitrogens with zero attached hydrogens (tertiary/aromatic N) is 2. The number of nitrogens with one attached hydrogen (secondary N) is 2. The van der Waals surface area contributed by atoms with Crippen LogP contribution in [0.15, 0.2) is 24.3 Å². The Balaban J connectivity index is 1.45. The van der Waals surface area contributed by atoms with Gasteiger partial charge in [0.25, 0.3) is 0 Å². The van der Waals surface area contributed by atoms with Gasteiger partial charge in [-0.05, 0) is 37.1 Å². The van der Waals surface area contributed by atoms with Gasteiger partial charge in [-0.2, -0.15) is 0 Å². The van der Waals surface area contributed by atoms with Crippen molar-refractivity contribution in [1.82, 2.24) is 10.2 Å². The van der Waals surface area contributed by atoms with Crippen molar-refractivity contribution in [1.29, 1.82) is 0 Å². The van der Waals surface area contributed by atoms with E-state index in [1.54, 1.807) is 6.92 Å². The number of anilines is 2. The Morgan fingerprint density at radius 2 is 1.68 bits per heavy atom. The van der Waals surface area contributed by atoms with Gasteiger partial charge in [-0.3, -0.25) is 4.79 Å². The van der Waals surface area contributed by atoms with Gasteiger partial charge < -0.3 is 25.2 Å². The molecule has 0 spiro atoms. The van der Waals surface area contributed by atoms with Gasteiger partial charge in [-0.15, -0.1) is 0 Å². The van der Waals surface area contributed by atoms with E-state index in [4.69, 9.17) is 4.74 Å². The van der Waals surface area contributed by atoms with E-state index in [2.05, 4.69) is 15.5 Å². The number of ether oxygens (including phenoxy) is 1. The Kier molecular flexibility index (Phi) is 5.75. The van der Waals surface area contributed by atoms with Gasteiger partial charge in [0.2, 0.25) is 5.91 Å². The number of amides is 3. The summed E-state index contributed by atoms with van der Waals surface area (Å²) in [4.78, 5) is 27.6. The molecule has 136 valence electrons. The molecule has 7 nitrogen and oxygen atoms in total. The van der Waals surface area contributed by atoms with E-state index >= 15 is 0 Å². The lowest BCUT2D eigenvalue weighted by Crippen LogP contribution is -2.47. The summed E-state index contributed by atoms with van der Waals surface area (Å²) in [6.07, 6.45) is 1.59. The van der Waals surface area contributed by atoms with Gasteiger partial charge in [0.15, 0.2) is 0 Å². The molecule has 2 heterocycles. The van der Waals surface area contributed by atoms with Crippen molar-refractivity contribution in [3.05, 3.63) is 24.3 Å². The lowest BCUT2D eigenvalue weighted by atomic mass is 10.1. The van der Waals surface area contributed by atoms with Gasteiger partial charge in [0.1, 0.15) is 0 Å². The summed E-state index contributed by atoms with van der Waals surface area (Å²) >= 11 is 0. The molecule has 0 saturated carbocycles. The number of carbonyl (C=O) groups excluding carboxylic acids is 2. The maximum atomic E-state index is 12.2. The molecule has 0 atom stereocenters. The summed E-state index contributed by atoms with van der Waals surface area (Å²) in [5, 5.41) is 5.87. The maximum Gasteiger partial charge on any atom is 0.319 e. The fraction of sp³-hybridized carbons (Fsp3) is 0.556. The van der Waals surface area contributed by atoms with Crippen molar-refractivity contribution >= 4 is 23.3 Å². The molecule has 1 aromatic carbocycles. The van der Waals surface area contributed by atoms with Crippen LogP contribution in [0.25, 0.3) is 0 Å². The summed E-state index contributed by atoms with van der Waals surface area (Å²) in [7, 11) is 0. The van der Waals surface area contributed by atoms with Crippen molar-refractivity contribution < 1.29 is 14.3 Å². The minimum Gasteiger partial charge on any atom is -0.378 e. The van der Waals surface area contributed by atoms with Gasteiger partial charge in [-0.25, -0.2) is 4.79 Å². The van der Waals surface area contributed by atoms with Gasteiger partial charge in [0, 0.05) is 50.5 Å². The first-order valence-corrected chi connectivity index (χ1v) is 8.87. The van der Waals surface area contributed by atoms with Crippen LogP contribution in [0.3, 0.4) is 0 Å². The number of piperidine rings is 1. The second kappa shape index (κ2) is 8.20. The molecule has 1 aromatic rings. The molecule has 0 radical (unpaired) electrons. The molecule has 0 aromatic heterocycles. The Labute approximate surface area is 148 Å². The monoisotopic (exact) mass is 346 g/mol. The van der Waals surface area contributed by atoms with Crippen molar-refractivity contribution in [2.45, 2.75) is 25.8 Å². The maximum absolute atomic E-state index is 12.2. The minimum atomic E-state index is -0.194. The van der Waals surface area contributed by atoms with Crippen molar-refractivity contribution in [2.75, 3.05) is 49.6 Å². The molecule has 25 heavy (non-hydrogen) atoms. The Hall–Kier alpha value is -2.28. The van der Waals surface area contributed by atoms with Crippen molar-refractivity contribution in [3.63, 3.8) is 0 Å². The zero-order chi connectivity index (χ0) is 17.6. The molecule has 7 heteroatoms. The zero-order valence-corrected chi connectivity index (χ0v) is 14.7. The Morgan fingerprint density at radius 1 is 1.04 bits per heavy atom. The predicted molar refractivity (Wildman–Crippen MR) is 96.9 cm³/mol. The van der Waals surface area contributed by atoms with Gasteiger partial charge in [0.05, 0.1) is 13.2 Å². The minimum absolute atomic E-state index is 0.100. The molecule has 2 fully saturated rings. The molecule has 2 N–H and O–H groups in total. The molecule has 0 unspecified atom stereocenters. The van der Waals surface area contributed by atoms with Crippen LogP contribution in [-0.2, 0) is 9.53 Å². The number of hydrogen-bond acceptors (Lipinski definition) is 4. The van der Waals surface area contributed by atoms with Crippen LogP contribution < -0.4 is 15.5 Å². The molecule has 3 amide bonds. The number of morpholine rings is 1. The number of benzene rings is 1. The van der Waals surface area contributed by atoms with Gasteiger partial charge in [-0.1, -0.05) is 0 Å². The topological polar surface area (TPSA) is 73.9 Å². The number of carbonyl (C=O) groups is 2. The summed E-state index contributed by atoms with van der Waals surface area (Å²) in [5.74, 6) is 0.100. The van der Waals surface area contributed by atoms with Crippen LogP contribution in [0.1, 0.15) is 19.8 Å². The summed E-state index contributed by atoms with van der Waals surface area (Å²) in [6, 6.07) is 7.80. The van der Waals surface area contributed by atoms with Crippen LogP contribution in [0.5, 0.6) is 0 Å². The second-order valence-corrected chi connectivity index (χ2v) is 6.53. The molecule has 0 aliphatic carbocycles. The number of urea groups is 1. The smallest absolute Gasteiger partial charge is 0.319 e. The van der Waals surface area contributed by atoms with E-state index in [-0.39, 0.29) is 18.0 Å². The van der Waals surface area contributed by atoms with E-state index in [0.29, 0.717) is 13.1 Å². The fourth-order valence-electron chi connectivity index (χ4n) is 3.27. The first kappa shape index (κ1) is 17.5. The Morgan fingerprint density at radius 3 is 2.28 bits per heavy atom. The molecular weight excluding hydrogens is 320 g/mol. The van der Waals surface area contributed by atoms with Crippen molar-refractivity contribution in [3.8, 4) is 0 Å². The van der Waals surface area contributed by atoms with Crippen LogP contribution in [0.2, 0.25) is 0 Å². The number of rotatable bonds is 3. The van der Waals surface area contributed by atoms with Gasteiger partial charge >= 0.3 is 6.03 Å². The van der Waals surface area contributed by atoms with E-state index < -0.39 is 0 Å². The SMILES string of the molecule is CC(=O)N1CCC(NC(=O)Nc2ccc(N3CCOCC3)cc2)CC1. The van der Waals surface area contributed by atoms with E-state index in [1.807, 2.05) is 29.2 Å². The van der Waals surface area contributed by atoms with Crippen LogP contribution in [-0.4, -0.2) is 62.3 Å². The quantitative estimate of drug-likeness (QED) is 0.873. The van der Waals surface area contributed by atoms with Crippen LogP contribution in [0.4, 0.5) is 16.2 Å². The summed E-state index contributed by atoms with van der Waals surface area (Å²) < 4.78 is 5.36. The highest BCUT2D eigenvalue weighted by Gasteiger charge is 2.21. The largest absolute Gasteiger partial charge is 0.378 e. The first-order chi connectivity index (χ1) is 12.1. The molecule has 3 rings (SSSR count). The third-order valence-electron chi connectivity index (χ3n) is 4.78. The van der Waals surface area contributed by atoms with Crippen molar-refractivity contribution in [2.24, 2.45) is 0 Å². The van der Waals surface area contributed by atoms with E-state index in [1.165, 1.54) is 0 Å². The van der Waals surface area contributed by atoms with E-state index in [9.17, 15) is 9.59 Å². The standard InChI is InChI=1S/C18H26N4O3/c1-14(23)21-8-6-16(7-9-21)20-18(24)19-15-2-4-17(5-3-15)22-10-12-25-13-11-22/h2-5,16H,6-13H2,1H3,(H2,19,20,24). The first-order valence-electron chi connectivity index (χ1n) is 8.87. The lowest BCUT2D eigenvalue weighted by molar-refractivity contribution is -0.129. The molecule has 2 aliphatic heterocycles. The third-order valence-corrected chi connectivity index (χ3v) is 4.78. The molecule has 0 bridgehead atoms. The normalized spacial score (nSPS) is 18.8. The zero-order valence-electron chi connectivity index (χ0n) is 14.7. The predicted octanol–water partition coefficient (Wildman–Crippen LogP) is 1.66. The molecular formula is C18H26N4O3. The number of likely N-dealkylation sites (tertiary alicyclic amines) is 1. The highest BCUT2D eigenvalue weighted by Crippen LogP contribution is 2.19. The molecule has 2 saturated heterocycles. The van der Waals surface area contributed by atoms with Crippen LogP contribution >= 0.6 is 0 Å². The highest BCUT2D eigenvalue weighted by molar-refractivity contribution is 5.89. The lowest BCUT2D eigenvalue weighted by Gasteiger charge is -2.31. The fourth-order valence-corrected chi connectivity index (χ4v) is 3.27. The highest BCUT2D eigenvalue weighted by atomic mass is 16.5. The summed E-state index contributed by atoms with van der Waals surface area (Å²) in [6.45, 7) is 6.29.